The smallest absolute Gasteiger partial charge is 0.337 e. The van der Waals surface area contributed by atoms with Crippen molar-refractivity contribution < 1.29 is 27.4 Å². The number of nitrogens with zero attached hydrogens (tertiary/aromatic N) is 1. The maximum Gasteiger partial charge on any atom is 0.337 e. The molecule has 3 aromatic rings. The zero-order valence-electron chi connectivity index (χ0n) is 15.5. The zero-order chi connectivity index (χ0) is 21.1. The molecule has 29 heavy (non-hydrogen) atoms. The van der Waals surface area contributed by atoms with Gasteiger partial charge in [-0.3, -0.25) is 9.36 Å². The Morgan fingerprint density at radius 1 is 1.00 bits per heavy atom. The fourth-order valence-electron chi connectivity index (χ4n) is 2.80. The normalized spacial score (nSPS) is 10.7. The van der Waals surface area contributed by atoms with Gasteiger partial charge in [0.1, 0.15) is 29.8 Å². The Labute approximate surface area is 163 Å². The van der Waals surface area contributed by atoms with E-state index >= 15 is 0 Å². The Morgan fingerprint density at radius 3 is 2.38 bits per heavy atom. The third kappa shape index (κ3) is 4.31. The van der Waals surface area contributed by atoms with Crippen molar-refractivity contribution in [2.45, 2.75) is 13.5 Å². The molecule has 0 aliphatic carbocycles. The number of carbonyl (C=O) groups excluding carboxylic acids is 1. The van der Waals surface area contributed by atoms with Crippen LogP contribution < -0.4 is 10.3 Å². The summed E-state index contributed by atoms with van der Waals surface area (Å²) in [6, 6.07) is 9.32. The SMILES string of the molecule is COC(=O)c1ccc(-n2c(C)cc(OCc3ccc(F)cc3F)cc2=O)c(F)c1. The van der Waals surface area contributed by atoms with E-state index in [0.29, 0.717) is 5.69 Å². The Balaban J connectivity index is 1.88. The van der Waals surface area contributed by atoms with E-state index in [9.17, 15) is 22.8 Å². The van der Waals surface area contributed by atoms with Crippen molar-refractivity contribution in [3.05, 3.63) is 93.2 Å². The molecule has 0 unspecified atom stereocenters. The van der Waals surface area contributed by atoms with Crippen LogP contribution in [0.2, 0.25) is 0 Å². The molecule has 1 heterocycles. The van der Waals surface area contributed by atoms with Gasteiger partial charge in [0, 0.05) is 29.5 Å². The first-order valence-electron chi connectivity index (χ1n) is 8.49. The lowest BCUT2D eigenvalue weighted by Gasteiger charge is -2.14. The first kappa shape index (κ1) is 20.2. The number of rotatable bonds is 5. The maximum atomic E-state index is 14.5. The molecule has 0 aliphatic rings. The van der Waals surface area contributed by atoms with Crippen LogP contribution in [-0.4, -0.2) is 17.6 Å². The van der Waals surface area contributed by atoms with E-state index in [2.05, 4.69) is 4.74 Å². The number of carbonyl (C=O) groups is 1. The molecule has 0 saturated carbocycles. The van der Waals surface area contributed by atoms with E-state index in [1.807, 2.05) is 0 Å². The Kier molecular flexibility index (Phi) is 5.72. The highest BCUT2D eigenvalue weighted by Gasteiger charge is 2.15. The number of halogens is 3. The van der Waals surface area contributed by atoms with Gasteiger partial charge in [0.15, 0.2) is 0 Å². The highest BCUT2D eigenvalue weighted by molar-refractivity contribution is 5.89. The minimum absolute atomic E-state index is 0.0146. The number of hydrogen-bond acceptors (Lipinski definition) is 4. The third-order valence-corrected chi connectivity index (χ3v) is 4.21. The van der Waals surface area contributed by atoms with Crippen molar-refractivity contribution in [2.24, 2.45) is 0 Å². The molecule has 0 bridgehead atoms. The molecule has 3 rings (SSSR count). The van der Waals surface area contributed by atoms with Crippen molar-refractivity contribution in [1.82, 2.24) is 4.57 Å². The second-order valence-corrected chi connectivity index (χ2v) is 6.19. The van der Waals surface area contributed by atoms with Gasteiger partial charge in [-0.1, -0.05) is 0 Å². The number of methoxy groups -OCH3 is 1. The highest BCUT2D eigenvalue weighted by Crippen LogP contribution is 2.20. The molecule has 0 radical (unpaired) electrons. The Bertz CT molecular complexity index is 1140. The van der Waals surface area contributed by atoms with Crippen LogP contribution in [0.3, 0.4) is 0 Å². The van der Waals surface area contributed by atoms with Crippen molar-refractivity contribution in [2.75, 3.05) is 7.11 Å². The lowest BCUT2D eigenvalue weighted by Crippen LogP contribution is -2.21. The fraction of sp³-hybridized carbons (Fsp3) is 0.143. The molecule has 0 fully saturated rings. The van der Waals surface area contributed by atoms with Gasteiger partial charge in [0.25, 0.3) is 5.56 Å². The summed E-state index contributed by atoms with van der Waals surface area (Å²) in [7, 11) is 1.18. The van der Waals surface area contributed by atoms with E-state index in [1.165, 1.54) is 31.4 Å². The average molecular weight is 403 g/mol. The number of aryl methyl sites for hydroxylation is 1. The number of pyridine rings is 1. The van der Waals surface area contributed by atoms with Gasteiger partial charge in [0.2, 0.25) is 0 Å². The molecule has 2 aromatic carbocycles. The second-order valence-electron chi connectivity index (χ2n) is 6.19. The number of esters is 1. The average Bonchev–Trinajstić information content (AvgIpc) is 2.67. The molecule has 0 amide bonds. The third-order valence-electron chi connectivity index (χ3n) is 4.21. The molecule has 5 nitrogen and oxygen atoms in total. The van der Waals surface area contributed by atoms with E-state index in [0.717, 1.165) is 28.8 Å². The lowest BCUT2D eigenvalue weighted by atomic mass is 10.2. The van der Waals surface area contributed by atoms with Crippen LogP contribution in [0.5, 0.6) is 5.75 Å². The van der Waals surface area contributed by atoms with Crippen LogP contribution in [0.4, 0.5) is 13.2 Å². The van der Waals surface area contributed by atoms with Gasteiger partial charge in [-0.25, -0.2) is 18.0 Å². The molecule has 8 heteroatoms. The topological polar surface area (TPSA) is 57.5 Å². The van der Waals surface area contributed by atoms with Crippen molar-refractivity contribution in [3.8, 4) is 11.4 Å². The maximum absolute atomic E-state index is 14.5. The van der Waals surface area contributed by atoms with Gasteiger partial charge in [-0.05, 0) is 37.3 Å². The van der Waals surface area contributed by atoms with Crippen LogP contribution >= 0.6 is 0 Å². The van der Waals surface area contributed by atoms with Gasteiger partial charge in [-0.2, -0.15) is 0 Å². The van der Waals surface area contributed by atoms with Crippen LogP contribution in [0.15, 0.2) is 53.3 Å². The van der Waals surface area contributed by atoms with Gasteiger partial charge in [-0.15, -0.1) is 0 Å². The molecular formula is C21H16F3NO4. The van der Waals surface area contributed by atoms with Crippen molar-refractivity contribution in [3.63, 3.8) is 0 Å². The Hall–Kier alpha value is -3.55. The summed E-state index contributed by atoms with van der Waals surface area (Å²) in [5.41, 5.74) is -0.129. The van der Waals surface area contributed by atoms with Crippen LogP contribution in [0.1, 0.15) is 21.6 Å². The summed E-state index contributed by atoms with van der Waals surface area (Å²) in [6.45, 7) is 1.36. The minimum atomic E-state index is -0.778. The molecule has 0 aliphatic heterocycles. The summed E-state index contributed by atoms with van der Waals surface area (Å²) < 4.78 is 52.2. The summed E-state index contributed by atoms with van der Waals surface area (Å²) in [4.78, 5) is 24.0. The van der Waals surface area contributed by atoms with Gasteiger partial charge < -0.3 is 9.47 Å². The van der Waals surface area contributed by atoms with E-state index in [-0.39, 0.29) is 29.2 Å². The summed E-state index contributed by atoms with van der Waals surface area (Å²) in [5, 5.41) is 0. The number of hydrogen-bond donors (Lipinski definition) is 0. The van der Waals surface area contributed by atoms with Crippen LogP contribution in [-0.2, 0) is 11.3 Å². The Morgan fingerprint density at radius 2 is 1.76 bits per heavy atom. The number of aromatic nitrogens is 1. The van der Waals surface area contributed by atoms with E-state index < -0.39 is 29.0 Å². The fourth-order valence-corrected chi connectivity index (χ4v) is 2.80. The first-order valence-corrected chi connectivity index (χ1v) is 8.49. The minimum Gasteiger partial charge on any atom is -0.489 e. The summed E-state index contributed by atoms with van der Waals surface area (Å²) in [5.74, 6) is -2.79. The van der Waals surface area contributed by atoms with Crippen LogP contribution in [0, 0.1) is 24.4 Å². The van der Waals surface area contributed by atoms with Gasteiger partial charge >= 0.3 is 5.97 Å². The van der Waals surface area contributed by atoms with E-state index in [1.54, 1.807) is 6.92 Å². The quantitative estimate of drug-likeness (QED) is 0.606. The molecule has 150 valence electrons. The molecule has 1 aromatic heterocycles. The molecule has 0 saturated heterocycles. The molecule has 0 atom stereocenters. The van der Waals surface area contributed by atoms with Crippen molar-refractivity contribution in [1.29, 1.82) is 0 Å². The monoisotopic (exact) mass is 403 g/mol. The van der Waals surface area contributed by atoms with E-state index in [4.69, 9.17) is 4.74 Å². The number of benzene rings is 2. The largest absolute Gasteiger partial charge is 0.489 e. The summed E-state index contributed by atoms with van der Waals surface area (Å²) >= 11 is 0. The summed E-state index contributed by atoms with van der Waals surface area (Å²) in [6.07, 6.45) is 0. The predicted octanol–water partition coefficient (Wildman–Crippen LogP) is 3.93. The molecule has 0 N–H and O–H groups in total. The zero-order valence-corrected chi connectivity index (χ0v) is 15.5. The molecule has 0 spiro atoms. The molecular weight excluding hydrogens is 387 g/mol. The first-order chi connectivity index (χ1) is 13.8. The highest BCUT2D eigenvalue weighted by atomic mass is 19.1. The van der Waals surface area contributed by atoms with Crippen LogP contribution in [0.25, 0.3) is 5.69 Å². The standard InChI is InChI=1S/C21H16F3NO4/c1-12-7-16(29-11-14-3-5-15(22)9-17(14)23)10-20(26)25(12)19-6-4-13(8-18(19)24)21(27)28-2/h3-10H,11H2,1-2H3. The number of ether oxygens (including phenoxy) is 2. The predicted molar refractivity (Wildman–Crippen MR) is 98.8 cm³/mol. The van der Waals surface area contributed by atoms with Crippen molar-refractivity contribution >= 4 is 5.97 Å². The lowest BCUT2D eigenvalue weighted by molar-refractivity contribution is 0.0600. The second kappa shape index (κ2) is 8.22. The van der Waals surface area contributed by atoms with Gasteiger partial charge in [0.05, 0.1) is 18.4 Å².